The average Bonchev–Trinajstić information content (AvgIpc) is 4.12. The average molecular weight is 899 g/mol. The van der Waals surface area contributed by atoms with Gasteiger partial charge in [0.2, 0.25) is 0 Å². The molecule has 3 aromatic heterocycles. The van der Waals surface area contributed by atoms with Crippen molar-refractivity contribution < 1.29 is 13.3 Å². The van der Waals surface area contributed by atoms with Gasteiger partial charge in [-0.2, -0.15) is 0 Å². The lowest BCUT2D eigenvalue weighted by atomic mass is 9.95. The molecule has 14 rings (SSSR count). The van der Waals surface area contributed by atoms with Crippen LogP contribution in [-0.4, -0.2) is 0 Å². The number of rotatable bonds is 8. The highest BCUT2D eigenvalue weighted by Gasteiger charge is 2.33. The Hall–Kier alpha value is -9.32. The first-order chi connectivity index (χ1) is 34.7. The van der Waals surface area contributed by atoms with Crippen LogP contribution in [-0.2, 0) is 0 Å². The molecule has 0 aliphatic carbocycles. The van der Waals surface area contributed by atoms with Gasteiger partial charge in [-0.05, 0) is 66.1 Å². The van der Waals surface area contributed by atoms with E-state index in [9.17, 15) is 0 Å². The largest absolute Gasteiger partial charge is 0.454 e. The molecule has 0 aliphatic rings. The maximum Gasteiger partial charge on any atom is 0.162 e. The van der Waals surface area contributed by atoms with Crippen molar-refractivity contribution in [3.63, 3.8) is 0 Å². The molecule has 70 heavy (non-hydrogen) atoms. The minimum Gasteiger partial charge on any atom is -0.454 e. The molecular formula is C65H42N2O3. The van der Waals surface area contributed by atoms with E-state index >= 15 is 0 Å². The van der Waals surface area contributed by atoms with Crippen LogP contribution in [0.4, 0.5) is 34.1 Å². The van der Waals surface area contributed by atoms with Gasteiger partial charge < -0.3 is 23.1 Å². The first kappa shape index (κ1) is 39.8. The quantitative estimate of drug-likeness (QED) is 0.142. The lowest BCUT2D eigenvalue weighted by Crippen LogP contribution is -2.15. The van der Waals surface area contributed by atoms with Gasteiger partial charge >= 0.3 is 0 Å². The summed E-state index contributed by atoms with van der Waals surface area (Å²) < 4.78 is 21.4. The van der Waals surface area contributed by atoms with Crippen LogP contribution in [0.25, 0.3) is 98.8 Å². The molecule has 0 unspecified atom stereocenters. The highest BCUT2D eigenvalue weighted by molar-refractivity contribution is 6.30. The fourth-order valence-electron chi connectivity index (χ4n) is 10.8. The molecule has 0 spiro atoms. The van der Waals surface area contributed by atoms with E-state index in [0.29, 0.717) is 0 Å². The SMILES string of the molecule is Cc1ccc(-c2ccccc2)c(N(c2cccc3c2oc2ccccc23)c2c3ccccc3c(N(c3ccccc3-c3ccccc3)c3cccc4c3oc3ccccc34)c3oc4ccccc4c23)c1. The van der Waals surface area contributed by atoms with Crippen molar-refractivity contribution >= 4 is 111 Å². The zero-order chi connectivity index (χ0) is 46.3. The Labute approximate surface area is 403 Å². The molecule has 0 N–H and O–H groups in total. The van der Waals surface area contributed by atoms with Crippen molar-refractivity contribution in [2.75, 3.05) is 9.80 Å². The summed E-state index contributed by atoms with van der Waals surface area (Å²) in [5, 5.41) is 8.20. The Bertz CT molecular complexity index is 4330. The van der Waals surface area contributed by atoms with Gasteiger partial charge in [0.05, 0.1) is 39.5 Å². The Morgan fingerprint density at radius 1 is 0.286 bits per heavy atom. The van der Waals surface area contributed by atoms with E-state index in [4.69, 9.17) is 13.3 Å². The molecule has 3 heterocycles. The van der Waals surface area contributed by atoms with E-state index in [2.05, 4.69) is 241 Å². The fourth-order valence-corrected chi connectivity index (χ4v) is 10.8. The summed E-state index contributed by atoms with van der Waals surface area (Å²) in [6.07, 6.45) is 0. The van der Waals surface area contributed by atoms with Gasteiger partial charge in [0.25, 0.3) is 0 Å². The second-order valence-electron chi connectivity index (χ2n) is 18.0. The summed E-state index contributed by atoms with van der Waals surface area (Å²) in [7, 11) is 0. The van der Waals surface area contributed by atoms with Gasteiger partial charge in [-0.3, -0.25) is 0 Å². The summed E-state index contributed by atoms with van der Waals surface area (Å²) >= 11 is 0. The van der Waals surface area contributed by atoms with Crippen LogP contribution in [0.5, 0.6) is 0 Å². The molecule has 0 bridgehead atoms. The normalized spacial score (nSPS) is 11.8. The van der Waals surface area contributed by atoms with E-state index < -0.39 is 0 Å². The van der Waals surface area contributed by atoms with Crippen LogP contribution in [0.1, 0.15) is 5.56 Å². The maximum absolute atomic E-state index is 7.45. The topological polar surface area (TPSA) is 45.9 Å². The third-order valence-corrected chi connectivity index (χ3v) is 13.9. The Balaban J connectivity index is 1.18. The van der Waals surface area contributed by atoms with Gasteiger partial charge in [-0.25, -0.2) is 0 Å². The van der Waals surface area contributed by atoms with Gasteiger partial charge in [0.1, 0.15) is 16.7 Å². The first-order valence-corrected chi connectivity index (χ1v) is 23.8. The number of nitrogens with zero attached hydrogens (tertiary/aromatic N) is 2. The second-order valence-corrected chi connectivity index (χ2v) is 18.0. The Morgan fingerprint density at radius 2 is 0.700 bits per heavy atom. The third kappa shape index (κ3) is 6.11. The van der Waals surface area contributed by atoms with E-state index in [1.807, 2.05) is 12.1 Å². The summed E-state index contributed by atoms with van der Waals surface area (Å²) in [6, 6.07) is 83.6. The van der Waals surface area contributed by atoms with Gasteiger partial charge in [-0.1, -0.05) is 194 Å². The van der Waals surface area contributed by atoms with Gasteiger partial charge in [-0.15, -0.1) is 0 Å². The van der Waals surface area contributed by atoms with Crippen LogP contribution >= 0.6 is 0 Å². The molecule has 0 saturated carbocycles. The van der Waals surface area contributed by atoms with E-state index in [1.54, 1.807) is 0 Å². The second kappa shape index (κ2) is 15.9. The number of benzene rings is 11. The molecule has 14 aromatic rings. The van der Waals surface area contributed by atoms with Crippen LogP contribution in [0.3, 0.4) is 0 Å². The molecule has 0 atom stereocenters. The number of hydrogen-bond acceptors (Lipinski definition) is 5. The molecule has 0 saturated heterocycles. The summed E-state index contributed by atoms with van der Waals surface area (Å²) in [5.74, 6) is 0. The van der Waals surface area contributed by atoms with E-state index in [0.717, 1.165) is 139 Å². The monoisotopic (exact) mass is 898 g/mol. The minimum atomic E-state index is 0.738. The van der Waals surface area contributed by atoms with Gasteiger partial charge in [0, 0.05) is 48.8 Å². The first-order valence-electron chi connectivity index (χ1n) is 23.8. The van der Waals surface area contributed by atoms with E-state index in [1.165, 1.54) is 0 Å². The van der Waals surface area contributed by atoms with Crippen molar-refractivity contribution in [3.8, 4) is 22.3 Å². The smallest absolute Gasteiger partial charge is 0.162 e. The summed E-state index contributed by atoms with van der Waals surface area (Å²) in [5.41, 5.74) is 16.0. The van der Waals surface area contributed by atoms with Crippen LogP contribution < -0.4 is 9.80 Å². The number of anilines is 6. The van der Waals surface area contributed by atoms with E-state index in [-0.39, 0.29) is 0 Å². The molecule has 0 amide bonds. The summed E-state index contributed by atoms with van der Waals surface area (Å²) in [4.78, 5) is 4.83. The van der Waals surface area contributed by atoms with Gasteiger partial charge in [0.15, 0.2) is 16.7 Å². The van der Waals surface area contributed by atoms with Crippen LogP contribution in [0, 0.1) is 6.92 Å². The molecule has 0 fully saturated rings. The predicted molar refractivity (Wildman–Crippen MR) is 291 cm³/mol. The zero-order valence-corrected chi connectivity index (χ0v) is 38.1. The number of fused-ring (bicyclic) bond motifs is 10. The van der Waals surface area contributed by atoms with Crippen molar-refractivity contribution in [1.29, 1.82) is 0 Å². The van der Waals surface area contributed by atoms with Crippen molar-refractivity contribution in [1.82, 2.24) is 0 Å². The molecule has 330 valence electrons. The molecular weight excluding hydrogens is 857 g/mol. The maximum atomic E-state index is 7.45. The lowest BCUT2D eigenvalue weighted by Gasteiger charge is -2.33. The summed E-state index contributed by atoms with van der Waals surface area (Å²) in [6.45, 7) is 2.17. The van der Waals surface area contributed by atoms with Crippen LogP contribution in [0.15, 0.2) is 250 Å². The van der Waals surface area contributed by atoms with Crippen LogP contribution in [0.2, 0.25) is 0 Å². The number of aryl methyl sites for hydroxylation is 1. The lowest BCUT2D eigenvalue weighted by molar-refractivity contribution is 0.666. The Morgan fingerprint density at radius 3 is 1.30 bits per heavy atom. The molecule has 11 aromatic carbocycles. The third-order valence-electron chi connectivity index (χ3n) is 13.9. The molecule has 5 heteroatoms. The highest BCUT2D eigenvalue weighted by Crippen LogP contribution is 2.57. The van der Waals surface area contributed by atoms with Crippen molar-refractivity contribution in [3.05, 3.63) is 242 Å². The number of furan rings is 3. The zero-order valence-electron chi connectivity index (χ0n) is 38.1. The minimum absolute atomic E-state index is 0.738. The molecule has 5 nitrogen and oxygen atoms in total. The number of hydrogen-bond donors (Lipinski definition) is 0. The predicted octanol–water partition coefficient (Wildman–Crippen LogP) is 19.1. The Kier molecular flexibility index (Phi) is 9.04. The molecule has 0 aliphatic heterocycles. The number of para-hydroxylation sites is 6. The fraction of sp³-hybridized carbons (Fsp3) is 0.0154. The molecule has 0 radical (unpaired) electrons. The van der Waals surface area contributed by atoms with Crippen molar-refractivity contribution in [2.45, 2.75) is 6.92 Å². The highest BCUT2D eigenvalue weighted by atomic mass is 16.3. The standard InChI is InChI=1S/C65H42N2O3/c1-41-38-39-45(43-22-6-3-7-23-43)56(40-41)67(55-34-19-31-51-47-26-12-16-36-58(47)69-64(51)55)61-48-27-8-9-28-49(48)62(65-60(61)52-29-13-17-37-59(52)70-65)66(53-32-14-10-24-44(53)42-20-4-2-5-21-42)54-33-18-30-50-46-25-11-15-35-57(46)68-63(50)54/h2-40H,1H3. The van der Waals surface area contributed by atoms with Crippen molar-refractivity contribution in [2.24, 2.45) is 0 Å².